The second-order valence-electron chi connectivity index (χ2n) is 5.99. The first-order valence-corrected chi connectivity index (χ1v) is 7.35. The summed E-state index contributed by atoms with van der Waals surface area (Å²) in [6, 6.07) is -0.713. The minimum absolute atomic E-state index is 0.560. The third-order valence-electron chi connectivity index (χ3n) is 4.29. The maximum atomic E-state index is 10.6. The maximum Gasteiger partial charge on any atom is 0.320 e. The average Bonchev–Trinajstić information content (AvgIpc) is 2.62. The van der Waals surface area contributed by atoms with Crippen LogP contribution in [0.15, 0.2) is 22.3 Å². The fraction of sp³-hybridized carbons (Fsp3) is 0.688. The van der Waals surface area contributed by atoms with Crippen molar-refractivity contribution in [3.8, 4) is 0 Å². The largest absolute Gasteiger partial charge is 0.480 e. The van der Waals surface area contributed by atoms with E-state index in [0.717, 1.165) is 32.4 Å². The van der Waals surface area contributed by atoms with E-state index in [1.807, 2.05) is 0 Å². The van der Waals surface area contributed by atoms with E-state index >= 15 is 0 Å². The minimum Gasteiger partial charge on any atom is -0.480 e. The molecule has 0 bridgehead atoms. The topological polar surface area (TPSA) is 66.6 Å². The Labute approximate surface area is 122 Å². The predicted octanol–water partition coefficient (Wildman–Crippen LogP) is 2.56. The number of nitrogens with zero attached hydrogens (tertiary/aromatic N) is 1. The highest BCUT2D eigenvalue weighted by molar-refractivity contribution is 5.72. The van der Waals surface area contributed by atoms with E-state index in [4.69, 9.17) is 10.8 Å². The van der Waals surface area contributed by atoms with Gasteiger partial charge in [-0.15, -0.1) is 0 Å². The molecule has 0 aromatic carbocycles. The second-order valence-corrected chi connectivity index (χ2v) is 5.99. The second kappa shape index (κ2) is 7.60. The van der Waals surface area contributed by atoms with Crippen molar-refractivity contribution < 1.29 is 9.90 Å². The van der Waals surface area contributed by atoms with Gasteiger partial charge in [0.1, 0.15) is 6.04 Å². The van der Waals surface area contributed by atoms with Crippen LogP contribution in [-0.4, -0.2) is 42.2 Å². The summed E-state index contributed by atoms with van der Waals surface area (Å²) in [5.41, 5.74) is 11.4. The number of hydrogen-bond donors (Lipinski definition) is 2. The maximum absolute atomic E-state index is 10.6. The Bertz CT molecular complexity index is 424. The number of carboxylic acid groups (broad SMARTS) is 1. The average molecular weight is 280 g/mol. The van der Waals surface area contributed by atoms with Crippen molar-refractivity contribution in [1.29, 1.82) is 0 Å². The number of nitrogens with two attached hydrogens (primary N) is 1. The lowest BCUT2D eigenvalue weighted by atomic mass is 10.1. The molecule has 0 fully saturated rings. The molecular formula is C16H28N2O2. The first-order valence-electron chi connectivity index (χ1n) is 7.35. The molecule has 1 aliphatic rings. The van der Waals surface area contributed by atoms with Crippen LogP contribution >= 0.6 is 0 Å². The summed E-state index contributed by atoms with van der Waals surface area (Å²) in [6.45, 7) is 8.61. The van der Waals surface area contributed by atoms with Crippen LogP contribution in [0.4, 0.5) is 0 Å². The van der Waals surface area contributed by atoms with E-state index in [1.54, 1.807) is 0 Å². The fourth-order valence-electron chi connectivity index (χ4n) is 2.62. The molecule has 20 heavy (non-hydrogen) atoms. The molecule has 0 saturated heterocycles. The first-order chi connectivity index (χ1) is 9.32. The van der Waals surface area contributed by atoms with Crippen molar-refractivity contribution in [3.05, 3.63) is 22.3 Å². The molecule has 3 N–H and O–H groups in total. The highest BCUT2D eigenvalue weighted by Gasteiger charge is 2.16. The van der Waals surface area contributed by atoms with Gasteiger partial charge in [-0.1, -0.05) is 12.0 Å². The van der Waals surface area contributed by atoms with Gasteiger partial charge in [-0.2, -0.15) is 0 Å². The van der Waals surface area contributed by atoms with Gasteiger partial charge >= 0.3 is 5.97 Å². The van der Waals surface area contributed by atoms with Gasteiger partial charge in [0.05, 0.1) is 0 Å². The number of aliphatic carboxylic acids is 1. The summed E-state index contributed by atoms with van der Waals surface area (Å²) in [4.78, 5) is 12.9. The number of allylic oxidation sites excluding steroid dienone is 3. The van der Waals surface area contributed by atoms with Crippen molar-refractivity contribution in [1.82, 2.24) is 4.90 Å². The van der Waals surface area contributed by atoms with Crippen LogP contribution in [0, 0.1) is 0 Å². The van der Waals surface area contributed by atoms with Crippen molar-refractivity contribution in [2.75, 3.05) is 20.1 Å². The lowest BCUT2D eigenvalue weighted by Gasteiger charge is -2.18. The number of carbonyl (C=O) groups is 1. The monoisotopic (exact) mass is 280 g/mol. The summed E-state index contributed by atoms with van der Waals surface area (Å²) < 4.78 is 0. The number of hydrogen-bond acceptors (Lipinski definition) is 3. The van der Waals surface area contributed by atoms with Gasteiger partial charge in [-0.3, -0.25) is 4.79 Å². The van der Waals surface area contributed by atoms with Gasteiger partial charge in [-0.25, -0.2) is 0 Å². The summed E-state index contributed by atoms with van der Waals surface area (Å²) in [7, 11) is 2.13. The fourth-order valence-corrected chi connectivity index (χ4v) is 2.62. The Morgan fingerprint density at radius 3 is 2.45 bits per heavy atom. The Morgan fingerprint density at radius 2 is 1.95 bits per heavy atom. The molecule has 0 saturated carbocycles. The Morgan fingerprint density at radius 1 is 1.30 bits per heavy atom. The summed E-state index contributed by atoms with van der Waals surface area (Å²) in [5, 5.41) is 8.71. The summed E-state index contributed by atoms with van der Waals surface area (Å²) >= 11 is 0. The Balaban J connectivity index is 2.25. The lowest BCUT2D eigenvalue weighted by molar-refractivity contribution is -0.138. The van der Waals surface area contributed by atoms with Crippen LogP contribution in [0.25, 0.3) is 0 Å². The van der Waals surface area contributed by atoms with Crippen molar-refractivity contribution in [2.24, 2.45) is 5.73 Å². The standard InChI is InChI=1S/C16H28N2O2/c1-11-9-14(13(3)12(11)2)10-18(4)8-6-5-7-15(17)16(19)20/h15H,5-10,17H2,1-4H3,(H,19,20)/t15-/m0/s1. The van der Waals surface area contributed by atoms with Crippen LogP contribution < -0.4 is 5.73 Å². The highest BCUT2D eigenvalue weighted by atomic mass is 16.4. The van der Waals surface area contributed by atoms with E-state index < -0.39 is 12.0 Å². The minimum atomic E-state index is -0.901. The molecule has 4 nitrogen and oxygen atoms in total. The Hall–Kier alpha value is -1.13. The molecule has 0 aromatic heterocycles. The number of carboxylic acids is 1. The van der Waals surface area contributed by atoms with Gasteiger partial charge in [0, 0.05) is 6.54 Å². The molecule has 1 atom stereocenters. The molecule has 0 unspecified atom stereocenters. The molecule has 0 radical (unpaired) electrons. The summed E-state index contributed by atoms with van der Waals surface area (Å²) in [5.74, 6) is -0.901. The zero-order chi connectivity index (χ0) is 15.3. The highest BCUT2D eigenvalue weighted by Crippen LogP contribution is 2.31. The molecule has 0 aliphatic heterocycles. The molecule has 114 valence electrons. The molecule has 0 heterocycles. The molecule has 4 heteroatoms. The summed E-state index contributed by atoms with van der Waals surface area (Å²) in [6.07, 6.45) is 3.53. The van der Waals surface area contributed by atoms with Crippen LogP contribution in [0.2, 0.25) is 0 Å². The molecule has 0 amide bonds. The first kappa shape index (κ1) is 16.9. The molecule has 1 rings (SSSR count). The third kappa shape index (κ3) is 4.76. The van der Waals surface area contributed by atoms with E-state index in [-0.39, 0.29) is 0 Å². The van der Waals surface area contributed by atoms with E-state index in [9.17, 15) is 4.79 Å². The smallest absolute Gasteiger partial charge is 0.320 e. The quantitative estimate of drug-likeness (QED) is 0.671. The van der Waals surface area contributed by atoms with Gasteiger partial charge in [0.2, 0.25) is 0 Å². The molecular weight excluding hydrogens is 252 g/mol. The Kier molecular flexibility index (Phi) is 6.43. The molecule has 1 aliphatic carbocycles. The van der Waals surface area contributed by atoms with Crippen LogP contribution in [0.3, 0.4) is 0 Å². The third-order valence-corrected chi connectivity index (χ3v) is 4.29. The van der Waals surface area contributed by atoms with Crippen molar-refractivity contribution in [3.63, 3.8) is 0 Å². The zero-order valence-corrected chi connectivity index (χ0v) is 13.2. The van der Waals surface area contributed by atoms with Crippen molar-refractivity contribution >= 4 is 5.97 Å². The van der Waals surface area contributed by atoms with Gasteiger partial charge in [0.15, 0.2) is 0 Å². The lowest BCUT2D eigenvalue weighted by Crippen LogP contribution is -2.30. The van der Waals surface area contributed by atoms with E-state index in [1.165, 1.54) is 22.3 Å². The van der Waals surface area contributed by atoms with Crippen LogP contribution in [0.1, 0.15) is 46.5 Å². The molecule has 0 aromatic rings. The SMILES string of the molecule is CC1=C(C)C(C)=C(CN(C)CCCC[C@H](N)C(=O)O)C1. The normalized spacial score (nSPS) is 17.3. The van der Waals surface area contributed by atoms with Crippen LogP contribution in [-0.2, 0) is 4.79 Å². The van der Waals surface area contributed by atoms with Gasteiger partial charge in [-0.05, 0) is 70.3 Å². The number of unbranched alkanes of at least 4 members (excludes halogenated alkanes) is 1. The number of likely N-dealkylation sites (N-methyl/N-ethyl adjacent to an activating group) is 1. The molecule has 0 spiro atoms. The van der Waals surface area contributed by atoms with Gasteiger partial charge in [0.25, 0.3) is 0 Å². The van der Waals surface area contributed by atoms with Gasteiger partial charge < -0.3 is 15.7 Å². The van der Waals surface area contributed by atoms with Crippen LogP contribution in [0.5, 0.6) is 0 Å². The predicted molar refractivity (Wildman–Crippen MR) is 82.7 cm³/mol. The zero-order valence-electron chi connectivity index (χ0n) is 13.2. The van der Waals surface area contributed by atoms with E-state index in [0.29, 0.717) is 6.42 Å². The van der Waals surface area contributed by atoms with E-state index in [2.05, 4.69) is 32.7 Å². The number of rotatable bonds is 8. The van der Waals surface area contributed by atoms with Crippen molar-refractivity contribution in [2.45, 2.75) is 52.5 Å².